The van der Waals surface area contributed by atoms with E-state index in [0.717, 1.165) is 31.4 Å². The highest BCUT2D eigenvalue weighted by molar-refractivity contribution is 7.89. The van der Waals surface area contributed by atoms with Gasteiger partial charge in [-0.2, -0.15) is 0 Å². The van der Waals surface area contributed by atoms with E-state index >= 15 is 0 Å². The quantitative estimate of drug-likeness (QED) is 0.553. The molecule has 1 aromatic rings. The van der Waals surface area contributed by atoms with Crippen LogP contribution in [0.3, 0.4) is 0 Å². The fourth-order valence-corrected chi connectivity index (χ4v) is 3.57. The molecule has 0 aliphatic carbocycles. The van der Waals surface area contributed by atoms with Crippen molar-refractivity contribution in [2.24, 2.45) is 0 Å². The molecule has 0 unspecified atom stereocenters. The van der Waals surface area contributed by atoms with Gasteiger partial charge in [-0.05, 0) is 43.9 Å². The van der Waals surface area contributed by atoms with Crippen LogP contribution in [-0.2, 0) is 19.6 Å². The predicted octanol–water partition coefficient (Wildman–Crippen LogP) is 2.29. The SMILES string of the molecule is CCCCOCCCNC(=O)CCNS(=O)(=O)c1cc(C)ccc1C. The van der Waals surface area contributed by atoms with Crippen molar-refractivity contribution < 1.29 is 17.9 Å². The molecule has 0 aliphatic heterocycles. The number of hydrogen-bond donors (Lipinski definition) is 2. The zero-order chi connectivity index (χ0) is 18.7. The van der Waals surface area contributed by atoms with Gasteiger partial charge in [0, 0.05) is 32.7 Å². The third-order valence-corrected chi connectivity index (χ3v) is 5.31. The molecule has 0 bridgehead atoms. The average molecular weight is 371 g/mol. The van der Waals surface area contributed by atoms with Crippen molar-refractivity contribution >= 4 is 15.9 Å². The number of carbonyl (C=O) groups is 1. The van der Waals surface area contributed by atoms with Gasteiger partial charge < -0.3 is 10.1 Å². The molecular weight excluding hydrogens is 340 g/mol. The lowest BCUT2D eigenvalue weighted by Gasteiger charge is -2.10. The molecule has 2 N–H and O–H groups in total. The van der Waals surface area contributed by atoms with Gasteiger partial charge in [0.1, 0.15) is 0 Å². The second-order valence-electron chi connectivity index (χ2n) is 6.09. The Balaban J connectivity index is 2.27. The maximum Gasteiger partial charge on any atom is 0.240 e. The number of carbonyl (C=O) groups excluding carboxylic acids is 1. The van der Waals surface area contributed by atoms with Crippen LogP contribution in [-0.4, -0.2) is 40.6 Å². The molecule has 1 aromatic carbocycles. The number of benzene rings is 1. The van der Waals surface area contributed by atoms with Crippen molar-refractivity contribution in [3.05, 3.63) is 29.3 Å². The van der Waals surface area contributed by atoms with E-state index in [1.807, 2.05) is 13.0 Å². The van der Waals surface area contributed by atoms with Crippen LogP contribution in [0.1, 0.15) is 43.7 Å². The van der Waals surface area contributed by atoms with Crippen LogP contribution in [0, 0.1) is 13.8 Å². The van der Waals surface area contributed by atoms with Gasteiger partial charge in [0.2, 0.25) is 15.9 Å². The minimum atomic E-state index is -3.60. The Morgan fingerprint density at radius 2 is 1.84 bits per heavy atom. The highest BCUT2D eigenvalue weighted by atomic mass is 32.2. The van der Waals surface area contributed by atoms with Crippen LogP contribution in [0.4, 0.5) is 0 Å². The van der Waals surface area contributed by atoms with E-state index in [2.05, 4.69) is 17.0 Å². The van der Waals surface area contributed by atoms with E-state index in [1.54, 1.807) is 19.1 Å². The fourth-order valence-electron chi connectivity index (χ4n) is 2.21. The smallest absolute Gasteiger partial charge is 0.240 e. The minimum Gasteiger partial charge on any atom is -0.381 e. The second-order valence-corrected chi connectivity index (χ2v) is 7.82. The van der Waals surface area contributed by atoms with Crippen LogP contribution in [0.25, 0.3) is 0 Å². The van der Waals surface area contributed by atoms with Gasteiger partial charge in [0.25, 0.3) is 0 Å². The number of aryl methyl sites for hydroxylation is 2. The lowest BCUT2D eigenvalue weighted by Crippen LogP contribution is -2.31. The first-order valence-corrected chi connectivity index (χ1v) is 10.3. The Kier molecular flexibility index (Phi) is 9.70. The summed E-state index contributed by atoms with van der Waals surface area (Å²) in [6.45, 7) is 7.70. The summed E-state index contributed by atoms with van der Waals surface area (Å²) in [6, 6.07) is 5.28. The summed E-state index contributed by atoms with van der Waals surface area (Å²) in [6.07, 6.45) is 3.02. The zero-order valence-electron chi connectivity index (χ0n) is 15.4. The summed E-state index contributed by atoms with van der Waals surface area (Å²) in [5.74, 6) is -0.169. The number of sulfonamides is 1. The molecule has 0 aliphatic rings. The van der Waals surface area contributed by atoms with Crippen molar-refractivity contribution in [2.75, 3.05) is 26.3 Å². The number of hydrogen-bond acceptors (Lipinski definition) is 4. The fraction of sp³-hybridized carbons (Fsp3) is 0.611. The van der Waals surface area contributed by atoms with Crippen LogP contribution in [0.2, 0.25) is 0 Å². The summed E-state index contributed by atoms with van der Waals surface area (Å²) < 4.78 is 32.5. The molecule has 0 fully saturated rings. The summed E-state index contributed by atoms with van der Waals surface area (Å²) in [5.41, 5.74) is 1.57. The summed E-state index contributed by atoms with van der Waals surface area (Å²) in [5, 5.41) is 2.77. The van der Waals surface area contributed by atoms with Gasteiger partial charge in [-0.15, -0.1) is 0 Å². The van der Waals surface area contributed by atoms with Gasteiger partial charge in [0.15, 0.2) is 0 Å². The molecule has 1 rings (SSSR count). The molecule has 0 heterocycles. The Hall–Kier alpha value is -1.44. The zero-order valence-corrected chi connectivity index (χ0v) is 16.2. The molecule has 142 valence electrons. The molecule has 0 saturated carbocycles. The largest absolute Gasteiger partial charge is 0.381 e. The number of unbranched alkanes of at least 4 members (excludes halogenated alkanes) is 1. The summed E-state index contributed by atoms with van der Waals surface area (Å²) >= 11 is 0. The van der Waals surface area contributed by atoms with Crippen molar-refractivity contribution in [3.63, 3.8) is 0 Å². The maximum absolute atomic E-state index is 12.3. The monoisotopic (exact) mass is 370 g/mol. The molecule has 7 heteroatoms. The third-order valence-electron chi connectivity index (χ3n) is 3.71. The first-order chi connectivity index (χ1) is 11.9. The molecule has 0 saturated heterocycles. The van der Waals surface area contributed by atoms with Gasteiger partial charge in [-0.25, -0.2) is 13.1 Å². The van der Waals surface area contributed by atoms with E-state index in [1.165, 1.54) is 0 Å². The van der Waals surface area contributed by atoms with E-state index < -0.39 is 10.0 Å². The molecule has 6 nitrogen and oxygen atoms in total. The van der Waals surface area contributed by atoms with Crippen LogP contribution >= 0.6 is 0 Å². The van der Waals surface area contributed by atoms with E-state index in [-0.39, 0.29) is 23.8 Å². The second kappa shape index (κ2) is 11.2. The predicted molar refractivity (Wildman–Crippen MR) is 99.1 cm³/mol. The Morgan fingerprint density at radius 3 is 2.56 bits per heavy atom. The number of rotatable bonds is 12. The molecule has 0 atom stereocenters. The summed E-state index contributed by atoms with van der Waals surface area (Å²) in [7, 11) is -3.60. The van der Waals surface area contributed by atoms with E-state index in [9.17, 15) is 13.2 Å². The molecule has 25 heavy (non-hydrogen) atoms. The van der Waals surface area contributed by atoms with Crippen LogP contribution < -0.4 is 10.0 Å². The molecule has 1 amide bonds. The maximum atomic E-state index is 12.3. The van der Waals surface area contributed by atoms with Gasteiger partial charge >= 0.3 is 0 Å². The minimum absolute atomic E-state index is 0.0779. The average Bonchev–Trinajstić information content (AvgIpc) is 2.56. The summed E-state index contributed by atoms with van der Waals surface area (Å²) in [4.78, 5) is 12.0. The van der Waals surface area contributed by atoms with Crippen molar-refractivity contribution in [3.8, 4) is 0 Å². The van der Waals surface area contributed by atoms with Crippen molar-refractivity contribution in [1.82, 2.24) is 10.0 Å². The molecule has 0 spiro atoms. The molecule has 0 aromatic heterocycles. The third kappa shape index (κ3) is 8.47. The van der Waals surface area contributed by atoms with Crippen LogP contribution in [0.15, 0.2) is 23.1 Å². The Labute approximate surface area is 151 Å². The van der Waals surface area contributed by atoms with Gasteiger partial charge in [0.05, 0.1) is 4.90 Å². The number of ether oxygens (including phenoxy) is 1. The lowest BCUT2D eigenvalue weighted by atomic mass is 10.2. The number of nitrogens with one attached hydrogen (secondary N) is 2. The lowest BCUT2D eigenvalue weighted by molar-refractivity contribution is -0.120. The van der Waals surface area contributed by atoms with Crippen LogP contribution in [0.5, 0.6) is 0 Å². The highest BCUT2D eigenvalue weighted by Gasteiger charge is 2.16. The first kappa shape index (κ1) is 21.6. The van der Waals surface area contributed by atoms with Gasteiger partial charge in [-0.1, -0.05) is 25.5 Å². The topological polar surface area (TPSA) is 84.5 Å². The normalized spacial score (nSPS) is 11.5. The Bertz CT molecular complexity index is 644. The first-order valence-electron chi connectivity index (χ1n) is 8.78. The van der Waals surface area contributed by atoms with Crippen molar-refractivity contribution in [1.29, 1.82) is 0 Å². The highest BCUT2D eigenvalue weighted by Crippen LogP contribution is 2.16. The van der Waals surface area contributed by atoms with Crippen molar-refractivity contribution in [2.45, 2.75) is 51.3 Å². The molecular formula is C18H30N2O4S. The van der Waals surface area contributed by atoms with E-state index in [4.69, 9.17) is 4.74 Å². The van der Waals surface area contributed by atoms with Gasteiger partial charge in [-0.3, -0.25) is 4.79 Å². The molecule has 0 radical (unpaired) electrons. The Morgan fingerprint density at radius 1 is 1.12 bits per heavy atom. The number of amides is 1. The standard InChI is InChI=1S/C18H30N2O4S/c1-4-5-12-24-13-6-10-19-18(21)9-11-20-25(22,23)17-14-15(2)7-8-16(17)3/h7-8,14,20H,4-6,9-13H2,1-3H3,(H,19,21). The van der Waals surface area contributed by atoms with E-state index in [0.29, 0.717) is 18.7 Å².